The van der Waals surface area contributed by atoms with Crippen LogP contribution < -0.4 is 0 Å². The highest BCUT2D eigenvalue weighted by Gasteiger charge is 2.35. The van der Waals surface area contributed by atoms with E-state index in [1.54, 1.807) is 6.20 Å². The van der Waals surface area contributed by atoms with E-state index in [2.05, 4.69) is 19.6 Å². The zero-order valence-electron chi connectivity index (χ0n) is 16.7. The van der Waals surface area contributed by atoms with Crippen LogP contribution in [0.1, 0.15) is 85.5 Å². The summed E-state index contributed by atoms with van der Waals surface area (Å²) < 4.78 is 4.16. The van der Waals surface area contributed by atoms with E-state index in [1.165, 1.54) is 38.5 Å². The predicted molar refractivity (Wildman–Crippen MR) is 106 cm³/mol. The number of carbonyl (C=O) groups is 1. The molecule has 29 heavy (non-hydrogen) atoms. The Balaban J connectivity index is 1.28. The molecule has 2 aliphatic carbocycles. The van der Waals surface area contributed by atoms with Gasteiger partial charge in [-0.3, -0.25) is 4.79 Å². The number of aromatic nitrogens is 6. The largest absolute Gasteiger partial charge is 0.327 e. The van der Waals surface area contributed by atoms with E-state index in [0.717, 1.165) is 22.8 Å². The molecule has 3 aromatic rings. The van der Waals surface area contributed by atoms with E-state index in [4.69, 9.17) is 4.98 Å². The number of hydrogen-bond acceptors (Lipinski definition) is 5. The lowest BCUT2D eigenvalue weighted by molar-refractivity contribution is 0.0630. The highest BCUT2D eigenvalue weighted by atomic mass is 16.2. The van der Waals surface area contributed by atoms with E-state index in [-0.39, 0.29) is 11.9 Å². The second-order valence-electron chi connectivity index (χ2n) is 8.66. The molecule has 0 N–H and O–H groups in total. The van der Waals surface area contributed by atoms with Crippen LogP contribution in [0.4, 0.5) is 0 Å². The molecule has 4 heterocycles. The fourth-order valence-electron chi connectivity index (χ4n) is 4.82. The first kappa shape index (κ1) is 17.1. The average molecular weight is 391 g/mol. The third kappa shape index (κ3) is 2.76. The quantitative estimate of drug-likeness (QED) is 0.685. The van der Waals surface area contributed by atoms with Gasteiger partial charge in [0.25, 0.3) is 5.91 Å². The summed E-state index contributed by atoms with van der Waals surface area (Å²) >= 11 is 0. The minimum atomic E-state index is -0.0945. The maximum Gasteiger partial charge on any atom is 0.256 e. The lowest BCUT2D eigenvalue weighted by Gasteiger charge is -2.32. The monoisotopic (exact) mass is 391 g/mol. The number of pyridine rings is 1. The van der Waals surface area contributed by atoms with E-state index in [1.807, 2.05) is 28.9 Å². The summed E-state index contributed by atoms with van der Waals surface area (Å²) in [5.41, 5.74) is 2.27. The van der Waals surface area contributed by atoms with Gasteiger partial charge in [0.15, 0.2) is 11.5 Å². The predicted octanol–water partition coefficient (Wildman–Crippen LogP) is 3.23. The lowest BCUT2D eigenvalue weighted by Crippen LogP contribution is -2.41. The molecule has 8 nitrogen and oxygen atoms in total. The van der Waals surface area contributed by atoms with Crippen LogP contribution in [0.15, 0.2) is 18.6 Å². The van der Waals surface area contributed by atoms with Gasteiger partial charge in [0.05, 0.1) is 24.5 Å². The molecule has 8 heteroatoms. The number of hydrogen-bond donors (Lipinski definition) is 0. The first-order chi connectivity index (χ1) is 14.2. The number of rotatable bonds is 3. The SMILES string of the molecule is C[C@@H]1c2nc(C3CC3)nn2CCN1C(=O)c1cnc2c(c1)ncn2C1CCCC1. The van der Waals surface area contributed by atoms with Gasteiger partial charge >= 0.3 is 0 Å². The Kier molecular flexibility index (Phi) is 3.76. The van der Waals surface area contributed by atoms with Gasteiger partial charge in [-0.2, -0.15) is 5.10 Å². The molecule has 2 fully saturated rings. The highest BCUT2D eigenvalue weighted by Crippen LogP contribution is 2.39. The van der Waals surface area contributed by atoms with Crippen LogP contribution in [-0.4, -0.2) is 46.7 Å². The van der Waals surface area contributed by atoms with Crippen molar-refractivity contribution in [1.82, 2.24) is 34.2 Å². The Hall–Kier alpha value is -2.77. The van der Waals surface area contributed by atoms with Crippen molar-refractivity contribution >= 4 is 17.1 Å². The van der Waals surface area contributed by atoms with Crippen LogP contribution in [-0.2, 0) is 6.54 Å². The normalized spacial score (nSPS) is 22.4. The molecule has 1 atom stereocenters. The molecule has 1 aliphatic heterocycles. The van der Waals surface area contributed by atoms with Crippen LogP contribution in [0.5, 0.6) is 0 Å². The van der Waals surface area contributed by atoms with Crippen LogP contribution in [0, 0.1) is 0 Å². The number of carbonyl (C=O) groups excluding carboxylic acids is 1. The van der Waals surface area contributed by atoms with Crippen molar-refractivity contribution in [3.8, 4) is 0 Å². The van der Waals surface area contributed by atoms with Crippen LogP contribution in [0.3, 0.4) is 0 Å². The van der Waals surface area contributed by atoms with Gasteiger partial charge in [0.1, 0.15) is 11.3 Å². The molecular weight excluding hydrogens is 366 g/mol. The van der Waals surface area contributed by atoms with Gasteiger partial charge in [-0.05, 0) is 38.7 Å². The Morgan fingerprint density at radius 3 is 2.72 bits per heavy atom. The summed E-state index contributed by atoms with van der Waals surface area (Å²) in [5.74, 6) is 2.35. The van der Waals surface area contributed by atoms with E-state index in [0.29, 0.717) is 30.6 Å². The van der Waals surface area contributed by atoms with Crippen molar-refractivity contribution in [2.24, 2.45) is 0 Å². The van der Waals surface area contributed by atoms with Crippen molar-refractivity contribution in [3.63, 3.8) is 0 Å². The summed E-state index contributed by atoms with van der Waals surface area (Å²) in [6, 6.07) is 2.28. The maximum atomic E-state index is 13.3. The van der Waals surface area contributed by atoms with Gasteiger partial charge in [0.2, 0.25) is 0 Å². The molecule has 3 aliphatic rings. The molecule has 6 rings (SSSR count). The zero-order valence-corrected chi connectivity index (χ0v) is 16.7. The average Bonchev–Trinajstić information content (AvgIpc) is 3.13. The van der Waals surface area contributed by atoms with E-state index >= 15 is 0 Å². The fraction of sp³-hybridized carbons (Fsp3) is 0.571. The molecule has 0 bridgehead atoms. The van der Waals surface area contributed by atoms with Crippen molar-refractivity contribution < 1.29 is 4.79 Å². The molecule has 2 saturated carbocycles. The van der Waals surface area contributed by atoms with Gasteiger partial charge in [-0.25, -0.2) is 19.6 Å². The number of imidazole rings is 1. The van der Waals surface area contributed by atoms with Crippen LogP contribution >= 0.6 is 0 Å². The highest BCUT2D eigenvalue weighted by molar-refractivity contribution is 5.96. The zero-order chi connectivity index (χ0) is 19.5. The summed E-state index contributed by atoms with van der Waals surface area (Å²) in [6.45, 7) is 3.36. The second-order valence-corrected chi connectivity index (χ2v) is 8.66. The summed E-state index contributed by atoms with van der Waals surface area (Å²) in [4.78, 5) is 29.1. The topological polar surface area (TPSA) is 81.7 Å². The summed E-state index contributed by atoms with van der Waals surface area (Å²) in [7, 11) is 0. The smallest absolute Gasteiger partial charge is 0.256 e. The van der Waals surface area contributed by atoms with Gasteiger partial charge in [0, 0.05) is 24.7 Å². The van der Waals surface area contributed by atoms with Crippen LogP contribution in [0.2, 0.25) is 0 Å². The van der Waals surface area contributed by atoms with E-state index < -0.39 is 0 Å². The number of nitrogens with zero attached hydrogens (tertiary/aromatic N) is 7. The third-order valence-corrected chi connectivity index (χ3v) is 6.69. The Bertz CT molecular complexity index is 1090. The Labute approximate surface area is 169 Å². The van der Waals surface area contributed by atoms with Gasteiger partial charge < -0.3 is 9.47 Å². The number of fused-ring (bicyclic) bond motifs is 2. The van der Waals surface area contributed by atoms with E-state index in [9.17, 15) is 4.79 Å². The van der Waals surface area contributed by atoms with Crippen molar-refractivity contribution in [2.45, 2.75) is 70.0 Å². The Morgan fingerprint density at radius 2 is 1.93 bits per heavy atom. The standard InChI is InChI=1S/C21H25N7O/c1-13-19-24-18(14-6-7-14)25-28(19)9-8-26(13)21(29)15-10-17-20(22-11-15)27(12-23-17)16-4-2-3-5-16/h10-14,16H,2-9H2,1H3/t13-/m1/s1. The van der Waals surface area contributed by atoms with Crippen molar-refractivity contribution in [2.75, 3.05) is 6.54 Å². The second kappa shape index (κ2) is 6.37. The van der Waals surface area contributed by atoms with Crippen molar-refractivity contribution in [1.29, 1.82) is 0 Å². The minimum Gasteiger partial charge on any atom is -0.327 e. The molecule has 150 valence electrons. The first-order valence-electron chi connectivity index (χ1n) is 10.8. The molecule has 0 spiro atoms. The lowest BCUT2D eigenvalue weighted by atomic mass is 10.1. The third-order valence-electron chi connectivity index (χ3n) is 6.69. The van der Waals surface area contributed by atoms with Gasteiger partial charge in [-0.15, -0.1) is 0 Å². The summed E-state index contributed by atoms with van der Waals surface area (Å²) in [6.07, 6.45) is 10.8. The van der Waals surface area contributed by atoms with Gasteiger partial charge in [-0.1, -0.05) is 12.8 Å². The Morgan fingerprint density at radius 1 is 1.10 bits per heavy atom. The maximum absolute atomic E-state index is 13.3. The molecular formula is C21H25N7O. The molecule has 0 saturated heterocycles. The minimum absolute atomic E-state index is 0.00969. The number of amides is 1. The molecule has 3 aromatic heterocycles. The summed E-state index contributed by atoms with van der Waals surface area (Å²) in [5, 5.41) is 4.65. The molecule has 0 unspecified atom stereocenters. The fourth-order valence-corrected chi connectivity index (χ4v) is 4.82. The first-order valence-corrected chi connectivity index (χ1v) is 10.8. The van der Waals surface area contributed by atoms with Crippen LogP contribution in [0.25, 0.3) is 11.2 Å². The molecule has 0 aromatic carbocycles. The molecule has 1 amide bonds. The van der Waals surface area contributed by atoms with Crippen molar-refractivity contribution in [3.05, 3.63) is 35.8 Å². The molecule has 0 radical (unpaired) electrons.